The molecule has 1 heterocycles. The molecule has 2 N–H and O–H groups in total. The Labute approximate surface area is 143 Å². The molecule has 0 unspecified atom stereocenters. The molecule has 6 heteroatoms. The van der Waals surface area contributed by atoms with Gasteiger partial charge in [-0.3, -0.25) is 9.48 Å². The van der Waals surface area contributed by atoms with Crippen LogP contribution in [-0.2, 0) is 13.1 Å². The summed E-state index contributed by atoms with van der Waals surface area (Å²) in [6.07, 6.45) is 3.52. The second kappa shape index (κ2) is 9.17. The van der Waals surface area contributed by atoms with Crippen molar-refractivity contribution in [3.8, 4) is 0 Å². The van der Waals surface area contributed by atoms with Crippen molar-refractivity contribution in [2.24, 2.45) is 11.7 Å². The minimum atomic E-state index is -0.0944. The summed E-state index contributed by atoms with van der Waals surface area (Å²) in [5.41, 5.74) is 7.10. The fourth-order valence-electron chi connectivity index (χ4n) is 2.40. The third-order valence-electron chi connectivity index (χ3n) is 3.83. The van der Waals surface area contributed by atoms with Gasteiger partial charge in [0.2, 0.25) is 0 Å². The van der Waals surface area contributed by atoms with Crippen molar-refractivity contribution in [1.82, 2.24) is 19.9 Å². The molecule has 0 saturated heterocycles. The van der Waals surface area contributed by atoms with Crippen LogP contribution >= 0.6 is 0 Å². The largest absolute Gasteiger partial charge is 0.333 e. The van der Waals surface area contributed by atoms with E-state index in [1.165, 1.54) is 0 Å². The molecule has 0 radical (unpaired) electrons. The lowest BCUT2D eigenvalue weighted by atomic mass is 10.1. The maximum Gasteiger partial charge on any atom is 0.276 e. The standard InChI is InChI=1S/C18H27N5O/c1-15(2)9-12-23-14-17(20-21-23)18(24)22(11-6-10-19)13-16-7-4-3-5-8-16/h3-5,7-8,14-15H,6,9-13,19H2,1-2H3. The molecule has 0 aliphatic heterocycles. The Bertz CT molecular complexity index is 623. The van der Waals surface area contributed by atoms with E-state index >= 15 is 0 Å². The van der Waals surface area contributed by atoms with E-state index in [0.29, 0.717) is 31.2 Å². The number of hydrogen-bond donors (Lipinski definition) is 1. The molecule has 0 aliphatic rings. The van der Waals surface area contributed by atoms with E-state index in [1.807, 2.05) is 30.3 Å². The molecule has 1 amide bonds. The maximum absolute atomic E-state index is 12.8. The lowest BCUT2D eigenvalue weighted by molar-refractivity contribution is 0.0736. The highest BCUT2D eigenvalue weighted by Crippen LogP contribution is 2.10. The van der Waals surface area contributed by atoms with E-state index in [4.69, 9.17) is 5.73 Å². The lowest BCUT2D eigenvalue weighted by Gasteiger charge is -2.21. The fourth-order valence-corrected chi connectivity index (χ4v) is 2.40. The Morgan fingerprint density at radius 2 is 2.04 bits per heavy atom. The zero-order valence-electron chi connectivity index (χ0n) is 14.6. The Kier molecular flexibility index (Phi) is 6.93. The summed E-state index contributed by atoms with van der Waals surface area (Å²) in [5.74, 6) is 0.496. The summed E-state index contributed by atoms with van der Waals surface area (Å²) < 4.78 is 1.75. The van der Waals surface area contributed by atoms with E-state index in [0.717, 1.165) is 24.9 Å². The van der Waals surface area contributed by atoms with Gasteiger partial charge in [-0.15, -0.1) is 5.10 Å². The summed E-state index contributed by atoms with van der Waals surface area (Å²) in [7, 11) is 0. The molecule has 0 atom stereocenters. The zero-order valence-corrected chi connectivity index (χ0v) is 14.6. The first kappa shape index (κ1) is 18.1. The second-order valence-electron chi connectivity index (χ2n) is 6.40. The number of rotatable bonds is 9. The van der Waals surface area contributed by atoms with Crippen LogP contribution in [0.3, 0.4) is 0 Å². The summed E-state index contributed by atoms with van der Waals surface area (Å²) in [5, 5.41) is 8.13. The molecule has 0 fully saturated rings. The number of carbonyl (C=O) groups is 1. The molecule has 0 spiro atoms. The van der Waals surface area contributed by atoms with Crippen LogP contribution in [-0.4, -0.2) is 38.9 Å². The number of benzene rings is 1. The van der Waals surface area contributed by atoms with Gasteiger partial charge in [-0.05, 0) is 30.9 Å². The third-order valence-corrected chi connectivity index (χ3v) is 3.83. The van der Waals surface area contributed by atoms with Crippen molar-refractivity contribution >= 4 is 5.91 Å². The van der Waals surface area contributed by atoms with Crippen LogP contribution < -0.4 is 5.73 Å². The van der Waals surface area contributed by atoms with Gasteiger partial charge in [0.1, 0.15) is 0 Å². The number of hydrogen-bond acceptors (Lipinski definition) is 4. The van der Waals surface area contributed by atoms with E-state index in [2.05, 4.69) is 24.2 Å². The minimum Gasteiger partial charge on any atom is -0.333 e. The first-order valence-corrected chi connectivity index (χ1v) is 8.53. The third kappa shape index (κ3) is 5.45. The predicted octanol–water partition coefficient (Wildman–Crippen LogP) is 2.32. The number of nitrogens with zero attached hydrogens (tertiary/aromatic N) is 4. The highest BCUT2D eigenvalue weighted by molar-refractivity contribution is 5.91. The van der Waals surface area contributed by atoms with Crippen molar-refractivity contribution < 1.29 is 4.79 Å². The number of carbonyl (C=O) groups excluding carboxylic acids is 1. The summed E-state index contributed by atoms with van der Waals surface area (Å²) in [6.45, 7) is 6.83. The number of nitrogens with two attached hydrogens (primary N) is 1. The van der Waals surface area contributed by atoms with Crippen molar-refractivity contribution in [3.05, 3.63) is 47.8 Å². The van der Waals surface area contributed by atoms with Gasteiger partial charge in [0.15, 0.2) is 5.69 Å². The average Bonchev–Trinajstić information content (AvgIpc) is 3.06. The van der Waals surface area contributed by atoms with Crippen LogP contribution in [0.25, 0.3) is 0 Å². The molecule has 1 aromatic heterocycles. The Morgan fingerprint density at radius 1 is 1.29 bits per heavy atom. The minimum absolute atomic E-state index is 0.0944. The number of aryl methyl sites for hydroxylation is 1. The predicted molar refractivity (Wildman–Crippen MR) is 94.3 cm³/mol. The van der Waals surface area contributed by atoms with Gasteiger partial charge in [-0.1, -0.05) is 49.4 Å². The highest BCUT2D eigenvalue weighted by atomic mass is 16.2. The Hall–Kier alpha value is -2.21. The number of aromatic nitrogens is 3. The number of amides is 1. The smallest absolute Gasteiger partial charge is 0.276 e. The van der Waals surface area contributed by atoms with Crippen LogP contribution in [0.15, 0.2) is 36.5 Å². The SMILES string of the molecule is CC(C)CCn1cc(C(=O)N(CCCN)Cc2ccccc2)nn1. The second-order valence-corrected chi connectivity index (χ2v) is 6.40. The van der Waals surface area contributed by atoms with E-state index in [-0.39, 0.29) is 5.91 Å². The maximum atomic E-state index is 12.8. The van der Waals surface area contributed by atoms with Gasteiger partial charge < -0.3 is 10.6 Å². The Balaban J connectivity index is 2.06. The zero-order chi connectivity index (χ0) is 17.4. The van der Waals surface area contributed by atoms with Crippen LogP contribution in [0.1, 0.15) is 42.7 Å². The molecular formula is C18H27N5O. The molecule has 0 aliphatic carbocycles. The van der Waals surface area contributed by atoms with Gasteiger partial charge in [-0.25, -0.2) is 0 Å². The quantitative estimate of drug-likeness (QED) is 0.766. The summed E-state index contributed by atoms with van der Waals surface area (Å²) in [4.78, 5) is 14.6. The molecular weight excluding hydrogens is 302 g/mol. The van der Waals surface area contributed by atoms with Gasteiger partial charge >= 0.3 is 0 Å². The molecule has 130 valence electrons. The monoisotopic (exact) mass is 329 g/mol. The van der Waals surface area contributed by atoms with Gasteiger partial charge in [0, 0.05) is 19.6 Å². The molecule has 6 nitrogen and oxygen atoms in total. The summed E-state index contributed by atoms with van der Waals surface area (Å²) in [6, 6.07) is 9.95. The van der Waals surface area contributed by atoms with Crippen molar-refractivity contribution in [2.75, 3.05) is 13.1 Å². The van der Waals surface area contributed by atoms with E-state index < -0.39 is 0 Å². The van der Waals surface area contributed by atoms with Crippen LogP contribution in [0, 0.1) is 5.92 Å². The molecule has 2 rings (SSSR count). The molecule has 0 saturated carbocycles. The normalized spacial score (nSPS) is 11.0. The first-order chi connectivity index (χ1) is 11.6. The first-order valence-electron chi connectivity index (χ1n) is 8.53. The van der Waals surface area contributed by atoms with Crippen molar-refractivity contribution in [2.45, 2.75) is 39.8 Å². The average molecular weight is 329 g/mol. The van der Waals surface area contributed by atoms with Crippen molar-refractivity contribution in [3.63, 3.8) is 0 Å². The van der Waals surface area contributed by atoms with Gasteiger partial charge in [0.25, 0.3) is 5.91 Å². The fraction of sp³-hybridized carbons (Fsp3) is 0.500. The van der Waals surface area contributed by atoms with Crippen LogP contribution in [0.2, 0.25) is 0 Å². The van der Waals surface area contributed by atoms with E-state index in [9.17, 15) is 4.79 Å². The summed E-state index contributed by atoms with van der Waals surface area (Å²) >= 11 is 0. The van der Waals surface area contributed by atoms with Crippen LogP contribution in [0.5, 0.6) is 0 Å². The lowest BCUT2D eigenvalue weighted by Crippen LogP contribution is -2.32. The molecule has 0 bridgehead atoms. The van der Waals surface area contributed by atoms with Gasteiger partial charge in [-0.2, -0.15) is 0 Å². The highest BCUT2D eigenvalue weighted by Gasteiger charge is 2.19. The molecule has 24 heavy (non-hydrogen) atoms. The van der Waals surface area contributed by atoms with Crippen LogP contribution in [0.4, 0.5) is 0 Å². The van der Waals surface area contributed by atoms with Gasteiger partial charge in [0.05, 0.1) is 6.20 Å². The topological polar surface area (TPSA) is 77.0 Å². The van der Waals surface area contributed by atoms with E-state index in [1.54, 1.807) is 15.8 Å². The Morgan fingerprint density at radius 3 is 2.71 bits per heavy atom. The molecule has 2 aromatic rings. The van der Waals surface area contributed by atoms with Crippen molar-refractivity contribution in [1.29, 1.82) is 0 Å². The molecule has 1 aromatic carbocycles.